The van der Waals surface area contributed by atoms with Crippen LogP contribution in [0.25, 0.3) is 0 Å². The molecule has 71 heavy (non-hydrogen) atoms. The van der Waals surface area contributed by atoms with Gasteiger partial charge in [-0.3, -0.25) is 4.79 Å². The number of rotatable bonds is 49. The fraction of sp³-hybridized carbons (Fsp3) is 0.758. The fourth-order valence-corrected chi connectivity index (χ4v) is 8.91. The Morgan fingerprint density at radius 1 is 0.493 bits per heavy atom. The summed E-state index contributed by atoms with van der Waals surface area (Å²) in [5.74, 6) is -0.147. The molecule has 9 nitrogen and oxygen atoms in total. The third-order valence-electron chi connectivity index (χ3n) is 13.5. The van der Waals surface area contributed by atoms with Gasteiger partial charge in [-0.1, -0.05) is 253 Å². The van der Waals surface area contributed by atoms with Crippen molar-refractivity contribution in [3.05, 3.63) is 85.1 Å². The molecular weight excluding hydrogens is 887 g/mol. The minimum Gasteiger partial charge on any atom is -0.394 e. The number of aliphatic hydroxyl groups excluding tert-OH is 5. The van der Waals surface area contributed by atoms with Crippen LogP contribution < -0.4 is 5.32 Å². The molecule has 7 unspecified atom stereocenters. The molecule has 0 radical (unpaired) electrons. The molecule has 0 bridgehead atoms. The van der Waals surface area contributed by atoms with Gasteiger partial charge in [-0.2, -0.15) is 0 Å². The Kier molecular flexibility index (Phi) is 47.6. The Balaban J connectivity index is 2.04. The summed E-state index contributed by atoms with van der Waals surface area (Å²) in [7, 11) is 0. The lowest BCUT2D eigenvalue weighted by atomic mass is 9.99. The maximum atomic E-state index is 13.0. The van der Waals surface area contributed by atoms with Gasteiger partial charge in [-0.15, -0.1) is 0 Å². The molecule has 0 aliphatic carbocycles. The van der Waals surface area contributed by atoms with Crippen LogP contribution in [-0.2, 0) is 14.3 Å². The largest absolute Gasteiger partial charge is 0.394 e. The third-order valence-corrected chi connectivity index (χ3v) is 13.5. The second-order valence-corrected chi connectivity index (χ2v) is 20.1. The maximum absolute atomic E-state index is 13.0. The van der Waals surface area contributed by atoms with Crippen LogP contribution in [0.1, 0.15) is 245 Å². The highest BCUT2D eigenvalue weighted by atomic mass is 16.7. The van der Waals surface area contributed by atoms with Crippen LogP contribution >= 0.6 is 0 Å². The first-order valence-electron chi connectivity index (χ1n) is 29.3. The normalized spacial score (nSPS) is 19.9. The van der Waals surface area contributed by atoms with Crippen LogP contribution in [-0.4, -0.2) is 87.5 Å². The van der Waals surface area contributed by atoms with Crippen LogP contribution in [0.15, 0.2) is 85.1 Å². The first-order valence-corrected chi connectivity index (χ1v) is 29.3. The maximum Gasteiger partial charge on any atom is 0.220 e. The lowest BCUT2D eigenvalue weighted by Gasteiger charge is -2.40. The lowest BCUT2D eigenvalue weighted by molar-refractivity contribution is -0.302. The number of aliphatic hydroxyl groups is 5. The number of ether oxygens (including phenoxy) is 2. The molecule has 1 amide bonds. The van der Waals surface area contributed by atoms with E-state index in [0.29, 0.717) is 12.8 Å². The van der Waals surface area contributed by atoms with Gasteiger partial charge < -0.3 is 40.3 Å². The van der Waals surface area contributed by atoms with Crippen LogP contribution in [0.4, 0.5) is 0 Å². The summed E-state index contributed by atoms with van der Waals surface area (Å²) in [4.78, 5) is 13.0. The van der Waals surface area contributed by atoms with Gasteiger partial charge in [0, 0.05) is 6.42 Å². The van der Waals surface area contributed by atoms with Gasteiger partial charge in [0.05, 0.1) is 25.4 Å². The first-order chi connectivity index (χ1) is 34.8. The van der Waals surface area contributed by atoms with Gasteiger partial charge in [-0.25, -0.2) is 0 Å². The van der Waals surface area contributed by atoms with E-state index in [-0.39, 0.29) is 12.5 Å². The molecule has 0 saturated carbocycles. The standard InChI is InChI=1S/C62H109NO8/c1-3-5-7-9-11-13-14-15-16-17-18-19-20-21-22-23-24-25-26-27-28-29-30-31-32-33-34-35-36-37-38-39-40-41-42-44-46-48-50-52-58(66)63-55(56(65)51-49-47-45-43-12-10-8-6-4-2)54-70-62-61(69)60(68)59(67)57(53-64)71-62/h5,7,11,13,15-16,18-19,21-22,24-25,27-28,55-57,59-62,64-65,67-69H,3-4,6,8-10,12,14,17,20,23,26,29-54H2,1-2H3,(H,63,66)/b7-5-,13-11-,16-15-,19-18-,22-21-,25-24-,28-27-. The average molecular weight is 997 g/mol. The van der Waals surface area contributed by atoms with Crippen molar-refractivity contribution in [2.75, 3.05) is 13.2 Å². The number of nitrogens with one attached hydrogen (secondary N) is 1. The van der Waals surface area contributed by atoms with Gasteiger partial charge in [0.25, 0.3) is 0 Å². The summed E-state index contributed by atoms with van der Waals surface area (Å²) in [6, 6.07) is -0.719. The molecule has 0 aromatic heterocycles. The predicted octanol–water partition coefficient (Wildman–Crippen LogP) is 14.6. The van der Waals surface area contributed by atoms with Crippen LogP contribution in [0.2, 0.25) is 0 Å². The minimum atomic E-state index is -1.55. The summed E-state index contributed by atoms with van der Waals surface area (Å²) >= 11 is 0. The van der Waals surface area contributed by atoms with Gasteiger partial charge in [0.1, 0.15) is 24.4 Å². The minimum absolute atomic E-state index is 0.139. The van der Waals surface area contributed by atoms with Gasteiger partial charge in [-0.05, 0) is 70.6 Å². The van der Waals surface area contributed by atoms with E-state index in [9.17, 15) is 30.3 Å². The molecule has 0 aromatic carbocycles. The quantitative estimate of drug-likeness (QED) is 0.0261. The number of carbonyl (C=O) groups excluding carboxylic acids is 1. The molecule has 0 aromatic rings. The van der Waals surface area contributed by atoms with Crippen LogP contribution in [0.3, 0.4) is 0 Å². The lowest BCUT2D eigenvalue weighted by Crippen LogP contribution is -2.60. The second-order valence-electron chi connectivity index (χ2n) is 20.1. The Hall–Kier alpha value is -2.63. The summed E-state index contributed by atoms with van der Waals surface area (Å²) < 4.78 is 11.3. The van der Waals surface area contributed by atoms with E-state index in [1.165, 1.54) is 135 Å². The van der Waals surface area contributed by atoms with Crippen molar-refractivity contribution >= 4 is 5.91 Å². The van der Waals surface area contributed by atoms with Crippen molar-refractivity contribution in [2.45, 2.75) is 288 Å². The Bertz CT molecular complexity index is 1390. The van der Waals surface area contributed by atoms with Crippen molar-refractivity contribution in [2.24, 2.45) is 0 Å². The highest BCUT2D eigenvalue weighted by Crippen LogP contribution is 2.23. The SMILES string of the molecule is CC/C=C\C/C=C\C/C=C\C/C=C\C/C=C\C/C=C\C/C=C\CCCCCCCCCCCCCCCCCCCC(=O)NC(COC1OC(CO)C(O)C(O)C1O)C(O)CCCCCCCCCCC. The number of hydrogen-bond acceptors (Lipinski definition) is 8. The Labute approximate surface area is 435 Å². The number of unbranched alkanes of at least 4 members (excludes halogenated alkanes) is 25. The zero-order valence-electron chi connectivity index (χ0n) is 45.5. The summed E-state index contributed by atoms with van der Waals surface area (Å²) in [5, 5.41) is 54.4. The highest BCUT2D eigenvalue weighted by molar-refractivity contribution is 5.76. The van der Waals surface area contributed by atoms with E-state index in [1.807, 2.05) is 0 Å². The van der Waals surface area contributed by atoms with E-state index in [1.54, 1.807) is 0 Å². The Morgan fingerprint density at radius 2 is 0.873 bits per heavy atom. The molecule has 7 atom stereocenters. The zero-order chi connectivity index (χ0) is 51.5. The molecule has 6 N–H and O–H groups in total. The molecule has 0 spiro atoms. The van der Waals surface area contributed by atoms with Crippen molar-refractivity contribution in [3.63, 3.8) is 0 Å². The summed E-state index contributed by atoms with van der Waals surface area (Å²) in [5.41, 5.74) is 0. The van der Waals surface area contributed by atoms with Gasteiger partial charge in [0.15, 0.2) is 6.29 Å². The number of allylic oxidation sites excluding steroid dienone is 14. The average Bonchev–Trinajstić information content (AvgIpc) is 3.37. The molecule has 1 fully saturated rings. The Morgan fingerprint density at radius 3 is 1.30 bits per heavy atom. The van der Waals surface area contributed by atoms with Crippen LogP contribution in [0.5, 0.6) is 0 Å². The van der Waals surface area contributed by atoms with Crippen LogP contribution in [0, 0.1) is 0 Å². The van der Waals surface area contributed by atoms with E-state index >= 15 is 0 Å². The van der Waals surface area contributed by atoms with E-state index in [0.717, 1.165) is 83.5 Å². The fourth-order valence-electron chi connectivity index (χ4n) is 8.91. The van der Waals surface area contributed by atoms with Crippen molar-refractivity contribution in [1.82, 2.24) is 5.32 Å². The molecule has 410 valence electrons. The smallest absolute Gasteiger partial charge is 0.220 e. The molecule has 1 saturated heterocycles. The molecular formula is C62H109NO8. The zero-order valence-corrected chi connectivity index (χ0v) is 45.5. The second kappa shape index (κ2) is 50.9. The number of carbonyl (C=O) groups is 1. The summed E-state index contributed by atoms with van der Waals surface area (Å²) in [6.07, 6.45) is 65.0. The number of hydrogen-bond donors (Lipinski definition) is 6. The van der Waals surface area contributed by atoms with E-state index in [4.69, 9.17) is 9.47 Å². The van der Waals surface area contributed by atoms with Gasteiger partial charge in [0.2, 0.25) is 5.91 Å². The van der Waals surface area contributed by atoms with E-state index in [2.05, 4.69) is 104 Å². The summed E-state index contributed by atoms with van der Waals surface area (Å²) in [6.45, 7) is 3.69. The predicted molar refractivity (Wildman–Crippen MR) is 299 cm³/mol. The van der Waals surface area contributed by atoms with Gasteiger partial charge >= 0.3 is 0 Å². The molecule has 1 rings (SSSR count). The van der Waals surface area contributed by atoms with Crippen molar-refractivity contribution in [3.8, 4) is 0 Å². The topological polar surface area (TPSA) is 149 Å². The molecule has 1 heterocycles. The van der Waals surface area contributed by atoms with E-state index < -0.39 is 49.5 Å². The molecule has 9 heteroatoms. The first kappa shape index (κ1) is 66.4. The highest BCUT2D eigenvalue weighted by Gasteiger charge is 2.44. The molecule has 1 aliphatic rings. The van der Waals surface area contributed by atoms with Crippen molar-refractivity contribution in [1.29, 1.82) is 0 Å². The monoisotopic (exact) mass is 996 g/mol. The third kappa shape index (κ3) is 40.4. The number of amides is 1. The molecule has 1 aliphatic heterocycles. The van der Waals surface area contributed by atoms with Crippen molar-refractivity contribution < 1.29 is 39.8 Å².